The van der Waals surface area contributed by atoms with Crippen LogP contribution in [0.1, 0.15) is 0 Å². The molecule has 122 valence electrons. The van der Waals surface area contributed by atoms with Crippen LogP contribution in [0.25, 0.3) is 44.1 Å². The number of benzene rings is 4. The van der Waals surface area contributed by atoms with Crippen LogP contribution in [0.5, 0.6) is 0 Å². The maximum absolute atomic E-state index is 4.95. The molecule has 1 aromatic heterocycles. The number of para-hydroxylation sites is 1. The Labute approximate surface area is 152 Å². The first-order chi connectivity index (χ1) is 12.9. The van der Waals surface area contributed by atoms with Gasteiger partial charge in [-0.25, -0.2) is 4.98 Å². The molecule has 0 saturated carbocycles. The van der Waals surface area contributed by atoms with Crippen LogP contribution in [0.4, 0.5) is 0 Å². The minimum absolute atomic E-state index is 1.03. The first kappa shape index (κ1) is 14.9. The van der Waals surface area contributed by atoms with E-state index in [1.807, 2.05) is 6.07 Å². The molecule has 1 heterocycles. The molecule has 0 spiro atoms. The molecule has 5 aromatic rings. The second-order valence-electron chi connectivity index (χ2n) is 6.50. The van der Waals surface area contributed by atoms with Gasteiger partial charge in [0.15, 0.2) is 0 Å². The van der Waals surface area contributed by atoms with Crippen molar-refractivity contribution in [2.75, 3.05) is 0 Å². The van der Waals surface area contributed by atoms with Gasteiger partial charge in [-0.05, 0) is 46.5 Å². The molecule has 1 nitrogen and oxygen atoms in total. The van der Waals surface area contributed by atoms with Crippen LogP contribution in [0.2, 0.25) is 0 Å². The van der Waals surface area contributed by atoms with E-state index >= 15 is 0 Å². The third-order valence-electron chi connectivity index (χ3n) is 4.83. The highest BCUT2D eigenvalue weighted by atomic mass is 14.7. The van der Waals surface area contributed by atoms with Crippen molar-refractivity contribution in [3.63, 3.8) is 0 Å². The van der Waals surface area contributed by atoms with Gasteiger partial charge in [0.05, 0.1) is 11.0 Å². The van der Waals surface area contributed by atoms with Crippen molar-refractivity contribution >= 4 is 21.8 Å². The first-order valence-corrected chi connectivity index (χ1v) is 8.83. The Kier molecular flexibility index (Phi) is 3.50. The Morgan fingerprint density at radius 3 is 1.88 bits per heavy atom. The fourth-order valence-electron chi connectivity index (χ4n) is 3.53. The van der Waals surface area contributed by atoms with Crippen molar-refractivity contribution in [1.82, 2.24) is 4.98 Å². The summed E-state index contributed by atoms with van der Waals surface area (Å²) in [7, 11) is 0. The topological polar surface area (TPSA) is 12.9 Å². The fraction of sp³-hybridized carbons (Fsp3) is 0. The molecule has 4 aromatic carbocycles. The Morgan fingerprint density at radius 2 is 1.12 bits per heavy atom. The van der Waals surface area contributed by atoms with Crippen LogP contribution in [0.3, 0.4) is 0 Å². The number of aromatic nitrogens is 1. The van der Waals surface area contributed by atoms with Crippen LogP contribution in [-0.2, 0) is 0 Å². The van der Waals surface area contributed by atoms with Gasteiger partial charge in [-0.2, -0.15) is 0 Å². The van der Waals surface area contributed by atoms with Gasteiger partial charge < -0.3 is 0 Å². The predicted molar refractivity (Wildman–Crippen MR) is 110 cm³/mol. The maximum atomic E-state index is 4.95. The monoisotopic (exact) mass is 331 g/mol. The van der Waals surface area contributed by atoms with E-state index in [4.69, 9.17) is 4.98 Å². The Morgan fingerprint density at radius 1 is 0.462 bits per heavy atom. The average Bonchev–Trinajstić information content (AvgIpc) is 2.73. The Hall–Kier alpha value is -3.45. The number of hydrogen-bond acceptors (Lipinski definition) is 1. The van der Waals surface area contributed by atoms with E-state index in [2.05, 4.69) is 97.1 Å². The molecular weight excluding hydrogens is 314 g/mol. The van der Waals surface area contributed by atoms with Crippen molar-refractivity contribution < 1.29 is 0 Å². The average molecular weight is 331 g/mol. The molecule has 0 aliphatic heterocycles. The standard InChI is InChI=1S/C25H17N/c1-3-9-18(10-4-1)21-16-22(19-11-5-2-6-12-19)23-15-20-13-7-8-14-24(20)26-25(23)17-21/h1-17H. The van der Waals surface area contributed by atoms with E-state index in [0.29, 0.717) is 0 Å². The molecular formula is C25H17N. The van der Waals surface area contributed by atoms with Crippen molar-refractivity contribution in [2.45, 2.75) is 0 Å². The highest BCUT2D eigenvalue weighted by Gasteiger charge is 2.10. The van der Waals surface area contributed by atoms with Crippen LogP contribution >= 0.6 is 0 Å². The summed E-state index contributed by atoms with van der Waals surface area (Å²) in [4.78, 5) is 4.95. The molecule has 0 aliphatic carbocycles. The summed E-state index contributed by atoms with van der Waals surface area (Å²) in [6.45, 7) is 0. The van der Waals surface area contributed by atoms with Crippen LogP contribution in [-0.4, -0.2) is 4.98 Å². The van der Waals surface area contributed by atoms with Crippen molar-refractivity contribution in [3.05, 3.63) is 103 Å². The van der Waals surface area contributed by atoms with Crippen LogP contribution in [0, 0.1) is 0 Å². The molecule has 0 N–H and O–H groups in total. The van der Waals surface area contributed by atoms with E-state index in [9.17, 15) is 0 Å². The number of rotatable bonds is 2. The largest absolute Gasteiger partial charge is 0.248 e. The van der Waals surface area contributed by atoms with Gasteiger partial charge in [0, 0.05) is 10.8 Å². The normalized spacial score (nSPS) is 11.1. The number of nitrogens with zero attached hydrogens (tertiary/aromatic N) is 1. The Balaban J connectivity index is 1.88. The zero-order valence-electron chi connectivity index (χ0n) is 14.3. The quantitative estimate of drug-likeness (QED) is 0.327. The molecule has 0 fully saturated rings. The van der Waals surface area contributed by atoms with E-state index < -0.39 is 0 Å². The minimum Gasteiger partial charge on any atom is -0.248 e. The summed E-state index contributed by atoms with van der Waals surface area (Å²) in [5.41, 5.74) is 6.90. The van der Waals surface area contributed by atoms with Gasteiger partial charge in [0.1, 0.15) is 0 Å². The Bertz CT molecular complexity index is 1210. The number of hydrogen-bond donors (Lipinski definition) is 0. The van der Waals surface area contributed by atoms with Crippen molar-refractivity contribution in [1.29, 1.82) is 0 Å². The van der Waals surface area contributed by atoms with Gasteiger partial charge in [0.2, 0.25) is 0 Å². The molecule has 0 bridgehead atoms. The van der Waals surface area contributed by atoms with Gasteiger partial charge in [0.25, 0.3) is 0 Å². The van der Waals surface area contributed by atoms with Crippen LogP contribution in [0.15, 0.2) is 103 Å². The summed E-state index contributed by atoms with van der Waals surface area (Å²) in [5.74, 6) is 0. The minimum atomic E-state index is 1.03. The summed E-state index contributed by atoms with van der Waals surface area (Å²) in [6.07, 6.45) is 0. The predicted octanol–water partition coefficient (Wildman–Crippen LogP) is 6.72. The SMILES string of the molecule is c1ccc(-c2cc(-c3ccccc3)c3cc4ccccc4nc3c2)cc1. The van der Waals surface area contributed by atoms with Gasteiger partial charge in [-0.1, -0.05) is 78.9 Å². The maximum Gasteiger partial charge on any atom is 0.0722 e. The molecule has 0 aliphatic rings. The lowest BCUT2D eigenvalue weighted by Crippen LogP contribution is -1.89. The molecule has 0 saturated heterocycles. The lowest BCUT2D eigenvalue weighted by Gasteiger charge is -2.12. The van der Waals surface area contributed by atoms with Gasteiger partial charge in [-0.3, -0.25) is 0 Å². The van der Waals surface area contributed by atoms with Gasteiger partial charge in [-0.15, -0.1) is 0 Å². The van der Waals surface area contributed by atoms with E-state index in [-0.39, 0.29) is 0 Å². The molecule has 1 heteroatoms. The summed E-state index contributed by atoms with van der Waals surface area (Å²) in [5, 5.41) is 2.36. The number of pyridine rings is 1. The third kappa shape index (κ3) is 2.55. The van der Waals surface area contributed by atoms with E-state index in [0.717, 1.165) is 11.0 Å². The highest BCUT2D eigenvalue weighted by Crippen LogP contribution is 2.34. The second kappa shape index (κ2) is 6.12. The lowest BCUT2D eigenvalue weighted by molar-refractivity contribution is 1.49. The second-order valence-corrected chi connectivity index (χ2v) is 6.50. The van der Waals surface area contributed by atoms with Crippen molar-refractivity contribution in [2.24, 2.45) is 0 Å². The molecule has 5 rings (SSSR count). The fourth-order valence-corrected chi connectivity index (χ4v) is 3.53. The number of fused-ring (bicyclic) bond motifs is 2. The van der Waals surface area contributed by atoms with E-state index in [1.165, 1.54) is 33.0 Å². The third-order valence-corrected chi connectivity index (χ3v) is 4.83. The first-order valence-electron chi connectivity index (χ1n) is 8.83. The van der Waals surface area contributed by atoms with Gasteiger partial charge >= 0.3 is 0 Å². The summed E-state index contributed by atoms with van der Waals surface area (Å²) < 4.78 is 0. The molecule has 26 heavy (non-hydrogen) atoms. The molecule has 0 atom stereocenters. The smallest absolute Gasteiger partial charge is 0.0722 e. The zero-order valence-corrected chi connectivity index (χ0v) is 14.3. The molecule has 0 unspecified atom stereocenters. The molecule has 0 radical (unpaired) electrons. The van der Waals surface area contributed by atoms with Crippen molar-refractivity contribution in [3.8, 4) is 22.3 Å². The summed E-state index contributed by atoms with van der Waals surface area (Å²) >= 11 is 0. The lowest BCUT2D eigenvalue weighted by atomic mass is 9.94. The zero-order chi connectivity index (χ0) is 17.3. The summed E-state index contributed by atoms with van der Waals surface area (Å²) in [6, 6.07) is 36.1. The van der Waals surface area contributed by atoms with Crippen LogP contribution < -0.4 is 0 Å². The molecule has 0 amide bonds. The van der Waals surface area contributed by atoms with E-state index in [1.54, 1.807) is 0 Å². The highest BCUT2D eigenvalue weighted by molar-refractivity contribution is 6.03.